The molecule has 0 aromatic heterocycles. The molecule has 40 heteroatoms. The van der Waals surface area contributed by atoms with E-state index in [9.17, 15) is 98.4 Å². The first-order valence-corrected chi connectivity index (χ1v) is 36.9. The van der Waals surface area contributed by atoms with Crippen LogP contribution in [0.4, 0.5) is 0 Å². The predicted octanol–water partition coefficient (Wildman–Crippen LogP) is -15.4. The van der Waals surface area contributed by atoms with Crippen molar-refractivity contribution in [2.75, 3.05) is 170 Å². The van der Waals surface area contributed by atoms with E-state index < -0.39 is 141 Å². The van der Waals surface area contributed by atoms with Crippen LogP contribution in [0.15, 0.2) is 146 Å². The van der Waals surface area contributed by atoms with E-state index in [-0.39, 0.29) is 292 Å². The Morgan fingerprint density at radius 3 is 0.807 bits per heavy atom. The number of hydrazine groups is 2. The van der Waals surface area contributed by atoms with Gasteiger partial charge in [0.15, 0.2) is 13.2 Å². The van der Waals surface area contributed by atoms with Crippen molar-refractivity contribution in [1.29, 1.82) is 0 Å². The normalized spacial score (nSPS) is 15.9. The molecule has 36 nitrogen and oxygen atoms in total. The fourth-order valence-corrected chi connectivity index (χ4v) is 14.1. The van der Waals surface area contributed by atoms with E-state index in [0.717, 1.165) is 33.4 Å². The van der Waals surface area contributed by atoms with Crippen molar-refractivity contribution >= 4 is 71.4 Å². The van der Waals surface area contributed by atoms with Crippen LogP contribution in [0.5, 0.6) is 23.0 Å². The number of aliphatic carboxylic acids is 8. The second-order valence-electron chi connectivity index (χ2n) is 27.4. The Balaban J connectivity index is 0.00000630. The number of nitrogens with one attached hydrogen (secondary N) is 4. The molecule has 0 spiro atoms. The van der Waals surface area contributed by atoms with Crippen molar-refractivity contribution in [3.63, 3.8) is 0 Å². The number of carbonyl (C=O) groups is 12. The number of ether oxygens (including phenoxy) is 4. The Morgan fingerprint density at radius 1 is 0.311 bits per heavy atom. The molecule has 624 valence electrons. The molecule has 2 radical (unpaired) electrons. The number of nitrogens with zero attached hydrogens (tertiary/aromatic N) is 8. The van der Waals surface area contributed by atoms with Crippen LogP contribution in [0.3, 0.4) is 0 Å². The average Bonchev–Trinajstić information content (AvgIpc) is 1.55. The van der Waals surface area contributed by atoms with Crippen LogP contribution >= 0.6 is 0 Å². The first-order valence-electron chi connectivity index (χ1n) is 36.9. The second-order valence-corrected chi connectivity index (χ2v) is 27.4. The maximum atomic E-state index is 13.0. The first-order chi connectivity index (χ1) is 55.2. The van der Waals surface area contributed by atoms with Crippen molar-refractivity contribution in [2.24, 2.45) is 0 Å². The fourth-order valence-electron chi connectivity index (χ4n) is 14.1. The van der Waals surface area contributed by atoms with Gasteiger partial charge in [-0.05, 0) is 93.0 Å². The average molecular weight is 1950 g/mol. The standard InChI is InChI=1S/C79H94N12O24.2Gd.2Na/c92-65(25-43-112-57-17-9-53(10-18-57)75(77(108)109)90-39-35-86(47-71(100)101)31-27-84(45-69(96)97)28-32-87(36-40-90)48-72(102)103)80-82-67(94)51-114-59-21-13-55(14-22-59)79(63-7-3-1-5-61(63)62-6-2-4-8-64(62)79)56-15-23-60(24-16-56)115-52-68(95)83-81-66(93)26-44-113-58-19-11-54(12-20-58)76(78(110)111)91-41-37-88(49-73(104)105)33-29-85(46-70(98)99)30-34-89(38-42-91)50-74(106)107;;;;/h1-24,75-76H,25-52H2,(H,80,92)(H,81,93)(H,82,94)(H,83,95)(H,96,97)(H,98,99)(H,100,101)(H,102,103)(H,104,105)(H,106,107)(H,108,109)(H,110,111);;;;/q;2*+3;2*+1/p-8. The number of hydrogen-bond acceptors (Lipinski definition) is 32. The first kappa shape index (κ1) is 102. The third-order valence-electron chi connectivity index (χ3n) is 19.6. The fraction of sp³-hybridized carbons (Fsp3) is 0.392. The van der Waals surface area contributed by atoms with Gasteiger partial charge in [-0.25, -0.2) is 0 Å². The van der Waals surface area contributed by atoms with E-state index in [1.165, 1.54) is 87.7 Å². The van der Waals surface area contributed by atoms with Crippen molar-refractivity contribution in [1.82, 2.24) is 60.9 Å². The molecule has 4 amide bonds. The molecule has 6 aromatic carbocycles. The van der Waals surface area contributed by atoms with E-state index in [4.69, 9.17) is 18.9 Å². The Morgan fingerprint density at radius 2 is 0.546 bits per heavy atom. The molecular formula is C79H86Gd2N12Na2O24. The van der Waals surface area contributed by atoms with Crippen molar-refractivity contribution in [2.45, 2.75) is 30.3 Å². The smallest absolute Gasteiger partial charge is 0.549 e. The van der Waals surface area contributed by atoms with Gasteiger partial charge in [-0.15, -0.1) is 0 Å². The van der Waals surface area contributed by atoms with E-state index in [0.29, 0.717) is 11.5 Å². The molecule has 2 heterocycles. The maximum Gasteiger partial charge on any atom is 3.00 e. The third-order valence-corrected chi connectivity index (χ3v) is 19.6. The summed E-state index contributed by atoms with van der Waals surface area (Å²) < 4.78 is 23.2. The molecule has 2 unspecified atom stereocenters. The van der Waals surface area contributed by atoms with Gasteiger partial charge in [0.05, 0.1) is 91.3 Å². The Bertz CT molecular complexity index is 4060. The van der Waals surface area contributed by atoms with Gasteiger partial charge in [-0.2, -0.15) is 0 Å². The van der Waals surface area contributed by atoms with Gasteiger partial charge < -0.3 is 98.2 Å². The molecule has 3 aliphatic rings. The van der Waals surface area contributed by atoms with Crippen molar-refractivity contribution < 1.29 is 256 Å². The Hall–Kier alpha value is -7.51. The molecule has 1 aliphatic carbocycles. The maximum absolute atomic E-state index is 13.0. The zero-order chi connectivity index (χ0) is 82.6. The molecule has 119 heavy (non-hydrogen) atoms. The Kier molecular flexibility index (Phi) is 44.1. The Labute approximate surface area is 794 Å². The van der Waals surface area contributed by atoms with Gasteiger partial charge in [-0.1, -0.05) is 97.1 Å². The molecular weight excluding hydrogens is 1860 g/mol. The van der Waals surface area contributed by atoms with Gasteiger partial charge in [-0.3, -0.25) is 80.1 Å². The summed E-state index contributed by atoms with van der Waals surface area (Å²) in [4.78, 5) is 159. The minimum absolute atomic E-state index is 0. The zero-order valence-corrected chi connectivity index (χ0v) is 73.9. The SMILES string of the molecule is O=C([O-])CN1CCN(CC(=O)[O-])CCN(C(C(=O)[O-])c2ccc(OCCC(=O)NNC(=O)COc3ccc(C4(c5ccc(OCC(=O)NNC(=O)CCOc6ccc(C(C(=O)[O-])N7CCN(CC(=O)[O-])CCN(CC(=O)[O-])CCN(CC(=O)[O-])CC7)cc6)cc5)c5ccccc5-c5ccccc54)cc3)cc2)CCN(CC(=O)[O-])CC1.[Gd+3].[Gd+3].[Na+].[Na+]. The van der Waals surface area contributed by atoms with Crippen LogP contribution in [0, 0.1) is 79.9 Å². The van der Waals surface area contributed by atoms with E-state index in [1.54, 1.807) is 24.3 Å². The number of amides is 4. The molecule has 4 N–H and O–H groups in total. The summed E-state index contributed by atoms with van der Waals surface area (Å²) in [6.45, 7) is -4.03. The molecule has 0 saturated carbocycles. The van der Waals surface area contributed by atoms with Crippen molar-refractivity contribution in [3.8, 4) is 34.1 Å². The van der Waals surface area contributed by atoms with Crippen LogP contribution in [0.1, 0.15) is 58.3 Å². The van der Waals surface area contributed by atoms with Gasteiger partial charge in [0.2, 0.25) is 11.8 Å². The largest absolute Gasteiger partial charge is 3.00 e. The van der Waals surface area contributed by atoms with Crippen molar-refractivity contribution in [3.05, 3.63) is 179 Å². The number of rotatable bonds is 34. The predicted molar refractivity (Wildman–Crippen MR) is 388 cm³/mol. The van der Waals surface area contributed by atoms with Gasteiger partial charge >= 0.3 is 139 Å². The molecule has 0 bridgehead atoms. The monoisotopic (exact) mass is 1950 g/mol. The van der Waals surface area contributed by atoms with Gasteiger partial charge in [0.1, 0.15) is 23.0 Å². The van der Waals surface area contributed by atoms with Crippen LogP contribution in [-0.4, -0.2) is 281 Å². The quantitative estimate of drug-likeness (QED) is 0.0215. The van der Waals surface area contributed by atoms with E-state index >= 15 is 0 Å². The number of carboxylic acid groups (broad SMARTS) is 8. The molecule has 2 saturated heterocycles. The van der Waals surface area contributed by atoms with Gasteiger partial charge in [0, 0.05) is 144 Å². The van der Waals surface area contributed by atoms with Gasteiger partial charge in [0.25, 0.3) is 11.8 Å². The van der Waals surface area contributed by atoms with E-state index in [2.05, 4.69) is 21.7 Å². The summed E-state index contributed by atoms with van der Waals surface area (Å²) in [5.74, 6) is -12.8. The number of carboxylic acids is 8. The number of hydrogen-bond donors (Lipinski definition) is 4. The minimum atomic E-state index is -1.50. The van der Waals surface area contributed by atoms with E-state index in [1.807, 2.05) is 72.8 Å². The third kappa shape index (κ3) is 31.7. The second kappa shape index (κ2) is 51.4. The topological polar surface area (TPSA) is 500 Å². The summed E-state index contributed by atoms with van der Waals surface area (Å²) in [5.41, 5.74) is 14.5. The number of benzene rings is 6. The number of carbonyl (C=O) groups excluding carboxylic acids is 12. The van der Waals surface area contributed by atoms with Crippen LogP contribution in [0.25, 0.3) is 11.1 Å². The minimum Gasteiger partial charge on any atom is -0.549 e. The summed E-state index contributed by atoms with van der Waals surface area (Å²) >= 11 is 0. The molecule has 2 fully saturated rings. The zero-order valence-electron chi connectivity index (χ0n) is 65.4. The number of fused-ring (bicyclic) bond motifs is 3. The van der Waals surface area contributed by atoms with Crippen LogP contribution in [-0.2, 0) is 62.9 Å². The molecule has 6 aromatic rings. The summed E-state index contributed by atoms with van der Waals surface area (Å²) in [7, 11) is 0. The summed E-state index contributed by atoms with van der Waals surface area (Å²) in [5, 5.41) is 95.3. The van der Waals surface area contributed by atoms with Crippen LogP contribution < -0.4 is 141 Å². The van der Waals surface area contributed by atoms with Crippen LogP contribution in [0.2, 0.25) is 0 Å². The summed E-state index contributed by atoms with van der Waals surface area (Å²) in [6, 6.07) is 39.3. The molecule has 2 atom stereocenters. The molecule has 2 aliphatic heterocycles. The molecule has 9 rings (SSSR count). The summed E-state index contributed by atoms with van der Waals surface area (Å²) in [6.07, 6.45) is -0.451.